The summed E-state index contributed by atoms with van der Waals surface area (Å²) in [5.74, 6) is -0.761. The van der Waals surface area contributed by atoms with E-state index in [9.17, 15) is 18.7 Å². The molecule has 2 aliphatic heterocycles. The number of carbonyl (C=O) groups is 1. The molecule has 1 N–H and O–H groups in total. The van der Waals surface area contributed by atoms with Gasteiger partial charge >= 0.3 is 6.09 Å². The van der Waals surface area contributed by atoms with Gasteiger partial charge in [-0.3, -0.25) is 19.7 Å². The zero-order chi connectivity index (χ0) is 25.2. The molecular formula is C26H28F2N4O4. The highest BCUT2D eigenvalue weighted by atomic mass is 19.1. The van der Waals surface area contributed by atoms with Crippen LogP contribution >= 0.6 is 0 Å². The van der Waals surface area contributed by atoms with Crippen LogP contribution < -0.4 is 9.64 Å². The number of ether oxygens (including phenoxy) is 2. The van der Waals surface area contributed by atoms with Gasteiger partial charge in [0.25, 0.3) is 0 Å². The minimum absolute atomic E-state index is 0.153. The van der Waals surface area contributed by atoms with E-state index in [1.54, 1.807) is 13.3 Å². The summed E-state index contributed by atoms with van der Waals surface area (Å²) in [6.45, 7) is 4.26. The number of benzene rings is 2. The molecule has 1 aromatic heterocycles. The normalized spacial score (nSPS) is 20.1. The first-order valence-electron chi connectivity index (χ1n) is 11.9. The molecule has 0 spiro atoms. The third-order valence-electron chi connectivity index (χ3n) is 6.73. The first-order valence-corrected chi connectivity index (χ1v) is 11.9. The van der Waals surface area contributed by atoms with Crippen molar-refractivity contribution >= 4 is 22.7 Å². The highest BCUT2D eigenvalue weighted by Crippen LogP contribution is 2.28. The Labute approximate surface area is 207 Å². The van der Waals surface area contributed by atoms with E-state index in [1.165, 1.54) is 4.90 Å². The lowest BCUT2D eigenvalue weighted by Gasteiger charge is -2.36. The van der Waals surface area contributed by atoms with Gasteiger partial charge in [-0.15, -0.1) is 0 Å². The van der Waals surface area contributed by atoms with Crippen LogP contribution in [0.25, 0.3) is 10.9 Å². The molecule has 10 heteroatoms. The number of amides is 1. The van der Waals surface area contributed by atoms with Crippen molar-refractivity contribution in [3.8, 4) is 5.75 Å². The van der Waals surface area contributed by atoms with E-state index in [0.717, 1.165) is 60.8 Å². The second-order valence-corrected chi connectivity index (χ2v) is 9.14. The van der Waals surface area contributed by atoms with Gasteiger partial charge in [0.05, 0.1) is 31.0 Å². The van der Waals surface area contributed by atoms with Crippen molar-refractivity contribution in [1.29, 1.82) is 0 Å². The van der Waals surface area contributed by atoms with Gasteiger partial charge in [0, 0.05) is 56.9 Å². The molecule has 2 saturated heterocycles. The van der Waals surface area contributed by atoms with Gasteiger partial charge in [-0.2, -0.15) is 0 Å². The van der Waals surface area contributed by atoms with Gasteiger partial charge in [0.1, 0.15) is 23.5 Å². The highest BCUT2D eigenvalue weighted by molar-refractivity contribution is 5.89. The molecule has 2 atom stereocenters. The minimum Gasteiger partial charge on any atom is -0.497 e. The number of carbonyl (C=O) groups excluding carboxylic acids is 1. The number of methoxy groups -OCH3 is 1. The Bertz CT molecular complexity index is 1230. The summed E-state index contributed by atoms with van der Waals surface area (Å²) in [4.78, 5) is 22.3. The molecule has 1 unspecified atom stereocenters. The van der Waals surface area contributed by atoms with Crippen LogP contribution in [-0.4, -0.2) is 85.0 Å². The fourth-order valence-corrected chi connectivity index (χ4v) is 4.87. The third-order valence-corrected chi connectivity index (χ3v) is 6.73. The number of halogens is 2. The largest absolute Gasteiger partial charge is 0.497 e. The van der Waals surface area contributed by atoms with Crippen LogP contribution in [-0.2, 0) is 4.74 Å². The van der Waals surface area contributed by atoms with Crippen molar-refractivity contribution in [2.75, 3.05) is 57.8 Å². The Morgan fingerprint density at radius 3 is 2.53 bits per heavy atom. The molecule has 0 aliphatic carbocycles. The second kappa shape index (κ2) is 10.3. The summed E-state index contributed by atoms with van der Waals surface area (Å²) in [7, 11) is 1.61. The Hall–Kier alpha value is -3.34. The fraction of sp³-hybridized carbons (Fsp3) is 0.385. The first kappa shape index (κ1) is 24.4. The van der Waals surface area contributed by atoms with E-state index in [1.807, 2.05) is 24.3 Å². The Morgan fingerprint density at radius 1 is 1.08 bits per heavy atom. The van der Waals surface area contributed by atoms with Crippen LogP contribution in [0.3, 0.4) is 0 Å². The standard InChI is InChI=1S/C26H28F2N4O4/c1-35-20-2-3-24-23(13-20)22(4-5-29-24)25(33)16-31-8-6-30(7-9-31)14-21-15-32(26(34)36-21)19-11-17(27)10-18(28)12-19/h2-5,10-13,21,25,33H,6-9,14-16H2,1H3/t21?,25-/m1/s1. The molecule has 8 nitrogen and oxygen atoms in total. The highest BCUT2D eigenvalue weighted by Gasteiger charge is 2.34. The van der Waals surface area contributed by atoms with Crippen LogP contribution in [0.15, 0.2) is 48.7 Å². The molecular weight excluding hydrogens is 470 g/mol. The quantitative estimate of drug-likeness (QED) is 0.536. The number of aromatic nitrogens is 1. The first-order chi connectivity index (χ1) is 17.4. The number of fused-ring (bicyclic) bond motifs is 1. The molecule has 2 aliphatic rings. The number of aliphatic hydroxyl groups is 1. The lowest BCUT2D eigenvalue weighted by Crippen LogP contribution is -2.49. The van der Waals surface area contributed by atoms with Crippen LogP contribution in [0.5, 0.6) is 5.75 Å². The van der Waals surface area contributed by atoms with E-state index < -0.39 is 23.8 Å². The van der Waals surface area contributed by atoms with Crippen molar-refractivity contribution in [1.82, 2.24) is 14.8 Å². The van der Waals surface area contributed by atoms with Crippen molar-refractivity contribution < 1.29 is 28.2 Å². The number of hydrogen-bond acceptors (Lipinski definition) is 7. The molecule has 3 aromatic rings. The number of rotatable bonds is 7. The number of piperazine rings is 1. The summed E-state index contributed by atoms with van der Waals surface area (Å²) >= 11 is 0. The number of pyridine rings is 1. The van der Waals surface area contributed by atoms with E-state index >= 15 is 0 Å². The van der Waals surface area contributed by atoms with Crippen LogP contribution in [0.4, 0.5) is 19.3 Å². The predicted octanol–water partition coefficient (Wildman–Crippen LogP) is 3.20. The third kappa shape index (κ3) is 5.25. The van der Waals surface area contributed by atoms with Crippen LogP contribution in [0.1, 0.15) is 11.7 Å². The van der Waals surface area contributed by atoms with Crippen molar-refractivity contribution in [3.05, 3.63) is 65.9 Å². The van der Waals surface area contributed by atoms with Gasteiger partial charge in [-0.05, 0) is 42.0 Å². The number of cyclic esters (lactones) is 1. The second-order valence-electron chi connectivity index (χ2n) is 9.14. The molecule has 0 saturated carbocycles. The lowest BCUT2D eigenvalue weighted by molar-refractivity contribution is 0.0525. The van der Waals surface area contributed by atoms with Crippen LogP contribution in [0, 0.1) is 11.6 Å². The maximum absolute atomic E-state index is 13.6. The molecule has 0 bridgehead atoms. The maximum atomic E-state index is 13.6. The van der Waals surface area contributed by atoms with Crippen molar-refractivity contribution in [2.24, 2.45) is 0 Å². The van der Waals surface area contributed by atoms with E-state index in [-0.39, 0.29) is 18.3 Å². The fourth-order valence-electron chi connectivity index (χ4n) is 4.87. The zero-order valence-electron chi connectivity index (χ0n) is 19.9. The van der Waals surface area contributed by atoms with Crippen molar-refractivity contribution in [3.63, 3.8) is 0 Å². The summed E-state index contributed by atoms with van der Waals surface area (Å²) in [6, 6.07) is 10.5. The zero-order valence-corrected chi connectivity index (χ0v) is 19.9. The SMILES string of the molecule is COc1ccc2nccc([C@H](O)CN3CCN(CC4CN(c5cc(F)cc(F)c5)C(=O)O4)CC3)c2c1. The van der Waals surface area contributed by atoms with Gasteiger partial charge in [0.2, 0.25) is 0 Å². The van der Waals surface area contributed by atoms with E-state index in [0.29, 0.717) is 18.8 Å². The molecule has 5 rings (SSSR count). The number of anilines is 1. The Kier molecular flexibility index (Phi) is 6.99. The molecule has 1 amide bonds. The monoisotopic (exact) mass is 498 g/mol. The molecule has 0 radical (unpaired) electrons. The van der Waals surface area contributed by atoms with Gasteiger partial charge in [0.15, 0.2) is 0 Å². The number of nitrogens with zero attached hydrogens (tertiary/aromatic N) is 4. The van der Waals surface area contributed by atoms with Gasteiger partial charge < -0.3 is 14.6 Å². The number of aliphatic hydroxyl groups excluding tert-OH is 1. The molecule has 36 heavy (non-hydrogen) atoms. The molecule has 3 heterocycles. The average Bonchev–Trinajstić information content (AvgIpc) is 3.23. The Morgan fingerprint density at radius 2 is 1.81 bits per heavy atom. The Balaban J connectivity index is 1.15. The minimum atomic E-state index is -0.738. The maximum Gasteiger partial charge on any atom is 0.414 e. The van der Waals surface area contributed by atoms with Gasteiger partial charge in [-0.1, -0.05) is 0 Å². The van der Waals surface area contributed by atoms with Crippen LogP contribution in [0.2, 0.25) is 0 Å². The number of β-amino-alcohol motifs (C(OH)–C–C–N with tert-alkyl or cyclic N) is 1. The summed E-state index contributed by atoms with van der Waals surface area (Å²) in [5, 5.41) is 11.9. The van der Waals surface area contributed by atoms with E-state index in [4.69, 9.17) is 9.47 Å². The number of hydrogen-bond donors (Lipinski definition) is 1. The molecule has 190 valence electrons. The predicted molar refractivity (Wildman–Crippen MR) is 130 cm³/mol. The van der Waals surface area contributed by atoms with E-state index in [2.05, 4.69) is 14.8 Å². The van der Waals surface area contributed by atoms with Crippen molar-refractivity contribution in [2.45, 2.75) is 12.2 Å². The smallest absolute Gasteiger partial charge is 0.414 e. The summed E-state index contributed by atoms with van der Waals surface area (Å²) in [6.07, 6.45) is 0.0349. The van der Waals surface area contributed by atoms with Gasteiger partial charge in [-0.25, -0.2) is 13.6 Å². The summed E-state index contributed by atoms with van der Waals surface area (Å²) in [5.41, 5.74) is 1.77. The topological polar surface area (TPSA) is 78.4 Å². The summed E-state index contributed by atoms with van der Waals surface area (Å²) < 4.78 is 37.9. The lowest BCUT2D eigenvalue weighted by atomic mass is 10.0. The molecule has 2 fully saturated rings. The average molecular weight is 499 g/mol. The molecule has 2 aromatic carbocycles.